The van der Waals surface area contributed by atoms with Crippen LogP contribution in [0.2, 0.25) is 0 Å². The third-order valence-electron chi connectivity index (χ3n) is 2.19. The summed E-state index contributed by atoms with van der Waals surface area (Å²) in [4.78, 5) is 0. The lowest BCUT2D eigenvalue weighted by atomic mass is 10.0. The maximum Gasteiger partial charge on any atom is 0.0585 e. The SMILES string of the molecule is CC.NCCc1ccc(CC(N)CO)cc1. The van der Waals surface area contributed by atoms with Gasteiger partial charge in [0.15, 0.2) is 0 Å². The van der Waals surface area contributed by atoms with Gasteiger partial charge in [-0.25, -0.2) is 0 Å². The van der Waals surface area contributed by atoms with Crippen molar-refractivity contribution in [2.24, 2.45) is 11.5 Å². The van der Waals surface area contributed by atoms with E-state index in [1.807, 2.05) is 26.0 Å². The topological polar surface area (TPSA) is 72.3 Å². The second-order valence-electron chi connectivity index (χ2n) is 3.50. The summed E-state index contributed by atoms with van der Waals surface area (Å²) < 4.78 is 0. The molecule has 5 N–H and O–H groups in total. The van der Waals surface area contributed by atoms with Crippen LogP contribution in [0.15, 0.2) is 24.3 Å². The molecule has 0 aromatic heterocycles. The van der Waals surface area contributed by atoms with Crippen LogP contribution in [0.25, 0.3) is 0 Å². The van der Waals surface area contributed by atoms with E-state index in [4.69, 9.17) is 16.6 Å². The highest BCUT2D eigenvalue weighted by atomic mass is 16.3. The smallest absolute Gasteiger partial charge is 0.0585 e. The molecule has 0 amide bonds. The predicted molar refractivity (Wildman–Crippen MR) is 69.3 cm³/mol. The van der Waals surface area contributed by atoms with Crippen molar-refractivity contribution in [1.29, 1.82) is 0 Å². The molecule has 1 atom stereocenters. The lowest BCUT2D eigenvalue weighted by molar-refractivity contribution is 0.265. The minimum absolute atomic E-state index is 0.0323. The zero-order chi connectivity index (χ0) is 12.4. The molecule has 1 aromatic carbocycles. The predicted octanol–water partition coefficient (Wildman–Crippen LogP) is 1.08. The van der Waals surface area contributed by atoms with Gasteiger partial charge in [0.1, 0.15) is 0 Å². The van der Waals surface area contributed by atoms with E-state index in [1.54, 1.807) is 0 Å². The molecule has 0 bridgehead atoms. The summed E-state index contributed by atoms with van der Waals surface area (Å²) in [7, 11) is 0. The molecule has 0 heterocycles. The maximum absolute atomic E-state index is 8.79. The van der Waals surface area contributed by atoms with Gasteiger partial charge in [0, 0.05) is 6.04 Å². The molecule has 0 saturated carbocycles. The molecule has 0 fully saturated rings. The van der Waals surface area contributed by atoms with Crippen molar-refractivity contribution in [3.8, 4) is 0 Å². The number of aliphatic hydroxyl groups is 1. The quantitative estimate of drug-likeness (QED) is 0.700. The first-order chi connectivity index (χ1) is 7.76. The molecule has 1 rings (SSSR count). The molecule has 1 aromatic rings. The Hall–Kier alpha value is -0.900. The Bertz CT molecular complexity index is 259. The highest BCUT2D eigenvalue weighted by Gasteiger charge is 2.01. The fraction of sp³-hybridized carbons (Fsp3) is 0.538. The van der Waals surface area contributed by atoms with E-state index in [1.165, 1.54) is 5.56 Å². The third kappa shape index (κ3) is 5.85. The minimum Gasteiger partial charge on any atom is -0.395 e. The van der Waals surface area contributed by atoms with E-state index < -0.39 is 0 Å². The Morgan fingerprint density at radius 1 is 1.12 bits per heavy atom. The number of hydrogen-bond donors (Lipinski definition) is 3. The van der Waals surface area contributed by atoms with Crippen molar-refractivity contribution in [3.63, 3.8) is 0 Å². The molecule has 92 valence electrons. The lowest BCUT2D eigenvalue weighted by Crippen LogP contribution is -2.26. The first-order valence-corrected chi connectivity index (χ1v) is 5.90. The Kier molecular flexibility index (Phi) is 8.81. The normalized spacial score (nSPS) is 11.6. The molecule has 0 radical (unpaired) electrons. The Morgan fingerprint density at radius 3 is 2.06 bits per heavy atom. The van der Waals surface area contributed by atoms with Crippen molar-refractivity contribution >= 4 is 0 Å². The largest absolute Gasteiger partial charge is 0.395 e. The summed E-state index contributed by atoms with van der Waals surface area (Å²) in [5, 5.41) is 8.79. The average molecular weight is 224 g/mol. The van der Waals surface area contributed by atoms with Crippen molar-refractivity contribution in [2.75, 3.05) is 13.2 Å². The van der Waals surface area contributed by atoms with Gasteiger partial charge in [-0.05, 0) is 30.5 Å². The van der Waals surface area contributed by atoms with Gasteiger partial charge in [-0.1, -0.05) is 38.1 Å². The summed E-state index contributed by atoms with van der Waals surface area (Å²) in [6.45, 7) is 4.71. The molecule has 0 aliphatic carbocycles. The van der Waals surface area contributed by atoms with E-state index in [9.17, 15) is 0 Å². The van der Waals surface area contributed by atoms with E-state index in [0.29, 0.717) is 6.54 Å². The number of nitrogens with two attached hydrogens (primary N) is 2. The Balaban J connectivity index is 0.00000106. The molecular weight excluding hydrogens is 200 g/mol. The minimum atomic E-state index is -0.157. The molecule has 0 aliphatic heterocycles. The first kappa shape index (κ1) is 15.1. The standard InChI is InChI=1S/C11H18N2O.C2H6/c12-6-5-9-1-3-10(4-2-9)7-11(13)8-14;1-2/h1-4,11,14H,5-8,12-13H2;1-2H3. The van der Waals surface area contributed by atoms with Crippen LogP contribution in [-0.4, -0.2) is 24.3 Å². The fourth-order valence-corrected chi connectivity index (χ4v) is 1.38. The van der Waals surface area contributed by atoms with Gasteiger partial charge in [0.25, 0.3) is 0 Å². The van der Waals surface area contributed by atoms with Crippen LogP contribution in [-0.2, 0) is 12.8 Å². The van der Waals surface area contributed by atoms with Gasteiger partial charge in [-0.15, -0.1) is 0 Å². The number of hydrogen-bond acceptors (Lipinski definition) is 3. The van der Waals surface area contributed by atoms with Gasteiger partial charge in [-0.3, -0.25) is 0 Å². The Labute approximate surface area is 98.5 Å². The van der Waals surface area contributed by atoms with E-state index >= 15 is 0 Å². The average Bonchev–Trinajstić information content (AvgIpc) is 2.34. The van der Waals surface area contributed by atoms with Crippen molar-refractivity contribution < 1.29 is 5.11 Å². The van der Waals surface area contributed by atoms with Crippen LogP contribution in [0, 0.1) is 0 Å². The van der Waals surface area contributed by atoms with Crippen LogP contribution in [0.3, 0.4) is 0 Å². The molecule has 3 heteroatoms. The second kappa shape index (κ2) is 9.33. The van der Waals surface area contributed by atoms with Gasteiger partial charge in [0.2, 0.25) is 0 Å². The van der Waals surface area contributed by atoms with E-state index in [-0.39, 0.29) is 12.6 Å². The van der Waals surface area contributed by atoms with Gasteiger partial charge in [0.05, 0.1) is 6.61 Å². The molecular formula is C13H24N2O. The van der Waals surface area contributed by atoms with Crippen LogP contribution >= 0.6 is 0 Å². The molecule has 1 unspecified atom stereocenters. The summed E-state index contributed by atoms with van der Waals surface area (Å²) >= 11 is 0. The molecule has 3 nitrogen and oxygen atoms in total. The van der Waals surface area contributed by atoms with Crippen molar-refractivity contribution in [1.82, 2.24) is 0 Å². The number of rotatable bonds is 5. The van der Waals surface area contributed by atoms with Gasteiger partial charge >= 0.3 is 0 Å². The van der Waals surface area contributed by atoms with Crippen LogP contribution in [0.5, 0.6) is 0 Å². The monoisotopic (exact) mass is 224 g/mol. The summed E-state index contributed by atoms with van der Waals surface area (Å²) in [5.41, 5.74) is 13.5. The van der Waals surface area contributed by atoms with Crippen molar-refractivity contribution in [3.05, 3.63) is 35.4 Å². The summed E-state index contributed by atoms with van der Waals surface area (Å²) in [5.74, 6) is 0. The van der Waals surface area contributed by atoms with E-state index in [0.717, 1.165) is 18.4 Å². The summed E-state index contributed by atoms with van der Waals surface area (Å²) in [6.07, 6.45) is 1.63. The second-order valence-corrected chi connectivity index (χ2v) is 3.50. The summed E-state index contributed by atoms with van der Waals surface area (Å²) in [6, 6.07) is 8.05. The third-order valence-corrected chi connectivity index (χ3v) is 2.19. The zero-order valence-corrected chi connectivity index (χ0v) is 10.3. The highest BCUT2D eigenvalue weighted by molar-refractivity contribution is 5.23. The van der Waals surface area contributed by atoms with Gasteiger partial charge in [-0.2, -0.15) is 0 Å². The molecule has 16 heavy (non-hydrogen) atoms. The van der Waals surface area contributed by atoms with Gasteiger partial charge < -0.3 is 16.6 Å². The zero-order valence-electron chi connectivity index (χ0n) is 10.3. The first-order valence-electron chi connectivity index (χ1n) is 5.90. The van der Waals surface area contributed by atoms with Crippen LogP contribution < -0.4 is 11.5 Å². The Morgan fingerprint density at radius 2 is 1.62 bits per heavy atom. The molecule has 0 aliphatic rings. The number of benzene rings is 1. The highest BCUT2D eigenvalue weighted by Crippen LogP contribution is 2.06. The van der Waals surface area contributed by atoms with Crippen molar-refractivity contribution in [2.45, 2.75) is 32.7 Å². The molecule has 0 saturated heterocycles. The van der Waals surface area contributed by atoms with Crippen LogP contribution in [0.1, 0.15) is 25.0 Å². The lowest BCUT2D eigenvalue weighted by Gasteiger charge is -2.08. The maximum atomic E-state index is 8.79. The van der Waals surface area contributed by atoms with Crippen LogP contribution in [0.4, 0.5) is 0 Å². The fourth-order valence-electron chi connectivity index (χ4n) is 1.38. The van der Waals surface area contributed by atoms with E-state index in [2.05, 4.69) is 12.1 Å². The number of aliphatic hydroxyl groups excluding tert-OH is 1. The molecule has 0 spiro atoms.